The molecular weight excluding hydrogens is 274 g/mol. The Morgan fingerprint density at radius 3 is 2.55 bits per heavy atom. The van der Waals surface area contributed by atoms with E-state index in [0.717, 1.165) is 12.8 Å². The summed E-state index contributed by atoms with van der Waals surface area (Å²) in [6, 6.07) is 12.7. The third-order valence-corrected chi connectivity index (χ3v) is 4.27. The van der Waals surface area contributed by atoms with Gasteiger partial charge in [-0.05, 0) is 18.4 Å². The Morgan fingerprint density at radius 1 is 1.23 bits per heavy atom. The van der Waals surface area contributed by atoms with Crippen molar-refractivity contribution in [2.75, 3.05) is 5.73 Å². The predicted octanol–water partition coefficient (Wildman–Crippen LogP) is 3.68. The zero-order valence-electron chi connectivity index (χ0n) is 13.6. The average molecular weight is 299 g/mol. The van der Waals surface area contributed by atoms with Gasteiger partial charge in [0.05, 0.1) is 18.8 Å². The van der Waals surface area contributed by atoms with Crippen LogP contribution < -0.4 is 5.73 Å². The van der Waals surface area contributed by atoms with Crippen LogP contribution in [0.1, 0.15) is 50.9 Å². The summed E-state index contributed by atoms with van der Waals surface area (Å²) in [4.78, 5) is 0. The minimum atomic E-state index is 0.0562. The smallest absolute Gasteiger partial charge is 0.145 e. The molecule has 1 fully saturated rings. The largest absolute Gasteiger partial charge is 0.382 e. The topological polar surface area (TPSA) is 53.1 Å². The third-order valence-electron chi connectivity index (χ3n) is 4.27. The second-order valence-corrected chi connectivity index (χ2v) is 7.19. The van der Waals surface area contributed by atoms with E-state index >= 15 is 0 Å². The summed E-state index contributed by atoms with van der Waals surface area (Å²) in [6.07, 6.45) is 2.34. The molecule has 3 rings (SSSR count). The van der Waals surface area contributed by atoms with Gasteiger partial charge in [0.15, 0.2) is 0 Å². The van der Waals surface area contributed by atoms with Gasteiger partial charge in [-0.3, -0.25) is 4.68 Å². The van der Waals surface area contributed by atoms with Gasteiger partial charge in [0.2, 0.25) is 0 Å². The minimum absolute atomic E-state index is 0.0562. The number of ether oxygens (including phenoxy) is 1. The fourth-order valence-electron chi connectivity index (χ4n) is 2.91. The van der Waals surface area contributed by atoms with Crippen molar-refractivity contribution in [3.8, 4) is 0 Å². The van der Waals surface area contributed by atoms with E-state index in [1.807, 2.05) is 24.3 Å². The van der Waals surface area contributed by atoms with Crippen LogP contribution in [-0.4, -0.2) is 15.9 Å². The van der Waals surface area contributed by atoms with Gasteiger partial charge in [-0.2, -0.15) is 5.10 Å². The van der Waals surface area contributed by atoms with Gasteiger partial charge in [0.1, 0.15) is 5.82 Å². The Balaban J connectivity index is 1.58. The van der Waals surface area contributed by atoms with Gasteiger partial charge in [-0.1, -0.05) is 51.1 Å². The molecule has 0 unspecified atom stereocenters. The predicted molar refractivity (Wildman–Crippen MR) is 88.6 cm³/mol. The lowest BCUT2D eigenvalue weighted by Crippen LogP contribution is -2.36. The van der Waals surface area contributed by atoms with Crippen molar-refractivity contribution in [2.24, 2.45) is 0 Å². The van der Waals surface area contributed by atoms with Crippen LogP contribution in [0.4, 0.5) is 5.82 Å². The molecule has 0 amide bonds. The summed E-state index contributed by atoms with van der Waals surface area (Å²) < 4.78 is 8.08. The molecule has 0 bridgehead atoms. The minimum Gasteiger partial charge on any atom is -0.382 e. The maximum atomic E-state index is 5.98. The number of hydrogen-bond donors (Lipinski definition) is 1. The molecule has 0 aliphatic heterocycles. The highest BCUT2D eigenvalue weighted by Gasteiger charge is 2.35. The summed E-state index contributed by atoms with van der Waals surface area (Å²) >= 11 is 0. The normalized spacial score (nSPS) is 21.6. The van der Waals surface area contributed by atoms with Gasteiger partial charge in [0, 0.05) is 17.2 Å². The molecule has 0 spiro atoms. The van der Waals surface area contributed by atoms with E-state index in [4.69, 9.17) is 10.5 Å². The third kappa shape index (κ3) is 3.17. The first kappa shape index (κ1) is 15.1. The van der Waals surface area contributed by atoms with Crippen LogP contribution in [-0.2, 0) is 16.8 Å². The molecule has 1 saturated carbocycles. The molecular formula is C18H25N3O. The Labute approximate surface area is 132 Å². The molecule has 4 nitrogen and oxygen atoms in total. The highest BCUT2D eigenvalue weighted by molar-refractivity contribution is 5.33. The lowest BCUT2D eigenvalue weighted by atomic mass is 9.86. The van der Waals surface area contributed by atoms with E-state index < -0.39 is 0 Å². The molecule has 1 aromatic carbocycles. The molecule has 1 aliphatic carbocycles. The number of nitrogens with two attached hydrogens (primary N) is 1. The summed E-state index contributed by atoms with van der Waals surface area (Å²) in [7, 11) is 0. The second kappa shape index (κ2) is 5.76. The number of rotatable bonds is 4. The van der Waals surface area contributed by atoms with Gasteiger partial charge in [0.25, 0.3) is 0 Å². The van der Waals surface area contributed by atoms with Gasteiger partial charge in [-0.15, -0.1) is 0 Å². The van der Waals surface area contributed by atoms with Crippen molar-refractivity contribution in [2.45, 2.75) is 57.8 Å². The maximum Gasteiger partial charge on any atom is 0.145 e. The molecule has 2 N–H and O–H groups in total. The number of anilines is 1. The van der Waals surface area contributed by atoms with Gasteiger partial charge < -0.3 is 10.5 Å². The number of benzene rings is 1. The number of hydrogen-bond acceptors (Lipinski definition) is 3. The Kier molecular flexibility index (Phi) is 3.96. The lowest BCUT2D eigenvalue weighted by Gasteiger charge is -2.37. The first-order chi connectivity index (χ1) is 10.4. The fourth-order valence-corrected chi connectivity index (χ4v) is 2.91. The number of nitrogen functional groups attached to an aromatic ring is 1. The van der Waals surface area contributed by atoms with E-state index in [-0.39, 0.29) is 5.41 Å². The van der Waals surface area contributed by atoms with Gasteiger partial charge >= 0.3 is 0 Å². The first-order valence-corrected chi connectivity index (χ1v) is 7.94. The molecule has 1 aromatic heterocycles. The summed E-state index contributed by atoms with van der Waals surface area (Å²) in [5.41, 5.74) is 8.39. The summed E-state index contributed by atoms with van der Waals surface area (Å²) in [5.74, 6) is 0.610. The zero-order valence-corrected chi connectivity index (χ0v) is 13.6. The number of nitrogens with zero attached hydrogens (tertiary/aromatic N) is 2. The van der Waals surface area contributed by atoms with Crippen molar-refractivity contribution in [1.29, 1.82) is 0 Å². The van der Waals surface area contributed by atoms with Crippen LogP contribution in [0.5, 0.6) is 0 Å². The molecule has 0 radical (unpaired) electrons. The van der Waals surface area contributed by atoms with E-state index in [9.17, 15) is 0 Å². The molecule has 0 saturated heterocycles. The van der Waals surface area contributed by atoms with E-state index in [0.29, 0.717) is 24.6 Å². The van der Waals surface area contributed by atoms with Crippen LogP contribution in [0.25, 0.3) is 0 Å². The summed E-state index contributed by atoms with van der Waals surface area (Å²) in [6.45, 7) is 7.28. The lowest BCUT2D eigenvalue weighted by molar-refractivity contribution is -0.0394. The Morgan fingerprint density at radius 2 is 1.91 bits per heavy atom. The van der Waals surface area contributed by atoms with Gasteiger partial charge in [-0.25, -0.2) is 0 Å². The van der Waals surface area contributed by atoms with Crippen molar-refractivity contribution < 1.29 is 4.74 Å². The van der Waals surface area contributed by atoms with Crippen LogP contribution >= 0.6 is 0 Å². The van der Waals surface area contributed by atoms with E-state index in [2.05, 4.69) is 42.7 Å². The van der Waals surface area contributed by atoms with Crippen LogP contribution in [0.15, 0.2) is 36.4 Å². The van der Waals surface area contributed by atoms with Crippen molar-refractivity contribution in [3.63, 3.8) is 0 Å². The molecule has 118 valence electrons. The fraction of sp³-hybridized carbons (Fsp3) is 0.500. The zero-order chi connectivity index (χ0) is 15.7. The van der Waals surface area contributed by atoms with E-state index in [1.165, 1.54) is 11.3 Å². The number of aromatic nitrogens is 2. The SMILES string of the molecule is CC(C)(C)c1cc(N)nn1[C@H]1C[C@H](OCc2ccccc2)C1. The maximum absolute atomic E-state index is 5.98. The highest BCUT2D eigenvalue weighted by atomic mass is 16.5. The Hall–Kier alpha value is -1.81. The molecule has 1 aliphatic rings. The Bertz CT molecular complexity index is 622. The van der Waals surface area contributed by atoms with Crippen molar-refractivity contribution >= 4 is 5.82 Å². The van der Waals surface area contributed by atoms with Crippen LogP contribution in [0.2, 0.25) is 0 Å². The second-order valence-electron chi connectivity index (χ2n) is 7.19. The molecule has 4 heteroatoms. The quantitative estimate of drug-likeness (QED) is 0.937. The highest BCUT2D eigenvalue weighted by Crippen LogP contribution is 2.38. The first-order valence-electron chi connectivity index (χ1n) is 7.94. The van der Waals surface area contributed by atoms with E-state index in [1.54, 1.807) is 0 Å². The van der Waals surface area contributed by atoms with Crippen molar-refractivity contribution in [1.82, 2.24) is 9.78 Å². The summed E-state index contributed by atoms with van der Waals surface area (Å²) in [5, 5.41) is 4.49. The van der Waals surface area contributed by atoms with Crippen LogP contribution in [0.3, 0.4) is 0 Å². The van der Waals surface area contributed by atoms with Crippen molar-refractivity contribution in [3.05, 3.63) is 47.7 Å². The molecule has 2 aromatic rings. The molecule has 1 heterocycles. The standard InChI is InChI=1S/C18H25N3O/c1-18(2,3)16-11-17(19)20-21(16)14-9-15(10-14)22-12-13-7-5-4-6-8-13/h4-8,11,14-15H,9-10,12H2,1-3H3,(H2,19,20)/t14-,15-. The monoisotopic (exact) mass is 299 g/mol. The average Bonchev–Trinajstić information content (AvgIpc) is 2.80. The molecule has 22 heavy (non-hydrogen) atoms. The van der Waals surface area contributed by atoms with Crippen LogP contribution in [0, 0.1) is 0 Å². The molecule has 0 atom stereocenters.